The zero-order valence-corrected chi connectivity index (χ0v) is 10.3. The molecule has 1 saturated heterocycles. The lowest BCUT2D eigenvalue weighted by Crippen LogP contribution is -2.44. The number of hydrogen-bond donors (Lipinski definition) is 3. The van der Waals surface area contributed by atoms with E-state index in [1.807, 2.05) is 0 Å². The minimum Gasteiger partial charge on any atom is -0.394 e. The smallest absolute Gasteiger partial charge is 0.0791 e. The summed E-state index contributed by atoms with van der Waals surface area (Å²) in [6.07, 6.45) is -0.356. The summed E-state index contributed by atoms with van der Waals surface area (Å²) in [5.74, 6) is 0. The first-order chi connectivity index (χ1) is 8.33. The fourth-order valence-corrected chi connectivity index (χ4v) is 1.73. The highest BCUT2D eigenvalue weighted by Gasteiger charge is 2.14. The number of nitrogens with one attached hydrogen (secondary N) is 1. The Morgan fingerprint density at radius 1 is 1.29 bits per heavy atom. The molecule has 0 bridgehead atoms. The van der Waals surface area contributed by atoms with E-state index in [1.165, 1.54) is 0 Å². The van der Waals surface area contributed by atoms with Crippen molar-refractivity contribution in [3.63, 3.8) is 0 Å². The van der Waals surface area contributed by atoms with Gasteiger partial charge in [0.15, 0.2) is 0 Å². The Labute approximate surface area is 103 Å². The van der Waals surface area contributed by atoms with Gasteiger partial charge in [0, 0.05) is 32.7 Å². The highest BCUT2D eigenvalue weighted by atomic mass is 16.5. The first-order valence-electron chi connectivity index (χ1n) is 6.20. The van der Waals surface area contributed by atoms with Gasteiger partial charge in [0.2, 0.25) is 0 Å². The van der Waals surface area contributed by atoms with Crippen LogP contribution in [0.4, 0.5) is 0 Å². The normalized spacial score (nSPS) is 19.4. The Hall–Kier alpha value is -0.240. The number of aliphatic hydroxyl groups is 2. The van der Waals surface area contributed by atoms with Crippen molar-refractivity contribution < 1.29 is 19.7 Å². The van der Waals surface area contributed by atoms with Gasteiger partial charge in [0.25, 0.3) is 0 Å². The number of nitrogens with zero attached hydrogens (tertiary/aromatic N) is 1. The molecule has 0 saturated carbocycles. The molecule has 1 rings (SSSR count). The summed E-state index contributed by atoms with van der Waals surface area (Å²) in [5, 5.41) is 21.4. The molecule has 0 aliphatic carbocycles. The Morgan fingerprint density at radius 3 is 2.76 bits per heavy atom. The molecule has 0 spiro atoms. The first-order valence-corrected chi connectivity index (χ1v) is 6.20. The Kier molecular flexibility index (Phi) is 8.50. The van der Waals surface area contributed by atoms with Crippen molar-refractivity contribution in [2.45, 2.75) is 6.10 Å². The lowest BCUT2D eigenvalue weighted by Gasteiger charge is -2.28. The maximum atomic E-state index is 9.78. The number of ether oxygens (including phenoxy) is 2. The number of β-amino-alcohol motifs (C(OH)–C–C–N with tert-alkyl or cyclic N) is 1. The predicted molar refractivity (Wildman–Crippen MR) is 64.0 cm³/mol. The van der Waals surface area contributed by atoms with Gasteiger partial charge in [-0.3, -0.25) is 4.90 Å². The van der Waals surface area contributed by atoms with Gasteiger partial charge in [0.05, 0.1) is 39.1 Å². The van der Waals surface area contributed by atoms with Crippen LogP contribution in [0.5, 0.6) is 0 Å². The number of morpholine rings is 1. The lowest BCUT2D eigenvalue weighted by atomic mass is 10.3. The molecule has 1 aliphatic heterocycles. The highest BCUT2D eigenvalue weighted by molar-refractivity contribution is 4.68. The van der Waals surface area contributed by atoms with Crippen LogP contribution in [0.1, 0.15) is 0 Å². The first kappa shape index (κ1) is 14.8. The van der Waals surface area contributed by atoms with E-state index >= 15 is 0 Å². The Morgan fingerprint density at radius 2 is 2.06 bits per heavy atom. The SMILES string of the molecule is OCCOCCNCC(O)CN1CCOCC1. The monoisotopic (exact) mass is 248 g/mol. The fraction of sp³-hybridized carbons (Fsp3) is 1.00. The van der Waals surface area contributed by atoms with Crippen molar-refractivity contribution >= 4 is 0 Å². The van der Waals surface area contributed by atoms with Gasteiger partial charge in [-0.15, -0.1) is 0 Å². The summed E-state index contributed by atoms with van der Waals surface area (Å²) >= 11 is 0. The fourth-order valence-electron chi connectivity index (χ4n) is 1.73. The molecule has 17 heavy (non-hydrogen) atoms. The molecule has 102 valence electrons. The molecule has 0 aromatic rings. The van der Waals surface area contributed by atoms with Crippen molar-refractivity contribution in [2.24, 2.45) is 0 Å². The van der Waals surface area contributed by atoms with Crippen LogP contribution in [-0.2, 0) is 9.47 Å². The molecule has 1 atom stereocenters. The van der Waals surface area contributed by atoms with Crippen molar-refractivity contribution in [3.8, 4) is 0 Å². The summed E-state index contributed by atoms with van der Waals surface area (Å²) in [5.41, 5.74) is 0. The van der Waals surface area contributed by atoms with E-state index in [0.29, 0.717) is 32.8 Å². The zero-order valence-electron chi connectivity index (χ0n) is 10.3. The van der Waals surface area contributed by atoms with Crippen molar-refractivity contribution in [3.05, 3.63) is 0 Å². The van der Waals surface area contributed by atoms with Gasteiger partial charge in [-0.25, -0.2) is 0 Å². The quantitative estimate of drug-likeness (QED) is 0.421. The van der Waals surface area contributed by atoms with Gasteiger partial charge in [-0.1, -0.05) is 0 Å². The molecule has 3 N–H and O–H groups in total. The minimum absolute atomic E-state index is 0.0552. The minimum atomic E-state index is -0.356. The van der Waals surface area contributed by atoms with E-state index in [4.69, 9.17) is 14.6 Å². The summed E-state index contributed by atoms with van der Waals surface area (Å²) in [4.78, 5) is 2.21. The van der Waals surface area contributed by atoms with E-state index in [-0.39, 0.29) is 12.7 Å². The molecule has 6 nitrogen and oxygen atoms in total. The van der Waals surface area contributed by atoms with Crippen LogP contribution in [0, 0.1) is 0 Å². The molecule has 0 amide bonds. The van der Waals surface area contributed by atoms with Gasteiger partial charge in [-0.2, -0.15) is 0 Å². The largest absolute Gasteiger partial charge is 0.394 e. The highest BCUT2D eigenvalue weighted by Crippen LogP contribution is 1.97. The zero-order chi connectivity index (χ0) is 12.3. The van der Waals surface area contributed by atoms with Crippen LogP contribution in [0.25, 0.3) is 0 Å². The van der Waals surface area contributed by atoms with Crippen molar-refractivity contribution in [1.82, 2.24) is 10.2 Å². The summed E-state index contributed by atoms with van der Waals surface area (Å²) < 4.78 is 10.3. The lowest BCUT2D eigenvalue weighted by molar-refractivity contribution is 0.0145. The van der Waals surface area contributed by atoms with Crippen LogP contribution in [-0.4, -0.2) is 87.0 Å². The third kappa shape index (κ3) is 7.64. The Balaban J connectivity index is 1.91. The summed E-state index contributed by atoms with van der Waals surface area (Å²) in [6, 6.07) is 0. The van der Waals surface area contributed by atoms with Crippen LogP contribution in [0.15, 0.2) is 0 Å². The Bertz CT molecular complexity index is 177. The second-order valence-electron chi connectivity index (χ2n) is 4.11. The predicted octanol–water partition coefficient (Wildman–Crippen LogP) is -1.72. The van der Waals surface area contributed by atoms with Gasteiger partial charge in [-0.05, 0) is 0 Å². The molecule has 1 heterocycles. The molecule has 0 aromatic carbocycles. The maximum absolute atomic E-state index is 9.78. The number of rotatable bonds is 9. The van der Waals surface area contributed by atoms with E-state index in [1.54, 1.807) is 0 Å². The molecule has 1 unspecified atom stereocenters. The standard InChI is InChI=1S/C11H24N2O4/c14-4-8-16-5-1-12-9-11(15)10-13-2-6-17-7-3-13/h11-12,14-15H,1-10H2. The molecule has 6 heteroatoms. The maximum Gasteiger partial charge on any atom is 0.0791 e. The number of aliphatic hydroxyl groups excluding tert-OH is 2. The molecular weight excluding hydrogens is 224 g/mol. The summed E-state index contributed by atoms with van der Waals surface area (Å²) in [7, 11) is 0. The van der Waals surface area contributed by atoms with E-state index in [2.05, 4.69) is 10.2 Å². The van der Waals surface area contributed by atoms with Crippen LogP contribution >= 0.6 is 0 Å². The van der Waals surface area contributed by atoms with Crippen LogP contribution in [0.3, 0.4) is 0 Å². The van der Waals surface area contributed by atoms with Gasteiger partial charge >= 0.3 is 0 Å². The van der Waals surface area contributed by atoms with Crippen LogP contribution in [0.2, 0.25) is 0 Å². The van der Waals surface area contributed by atoms with Crippen molar-refractivity contribution in [2.75, 3.05) is 65.8 Å². The molecule has 0 aromatic heterocycles. The average molecular weight is 248 g/mol. The molecule has 1 aliphatic rings. The second-order valence-corrected chi connectivity index (χ2v) is 4.11. The van der Waals surface area contributed by atoms with Gasteiger partial charge in [0.1, 0.15) is 0 Å². The molecule has 1 fully saturated rings. The number of hydrogen-bond acceptors (Lipinski definition) is 6. The molecular formula is C11H24N2O4. The van der Waals surface area contributed by atoms with Crippen LogP contribution < -0.4 is 5.32 Å². The average Bonchev–Trinajstić information content (AvgIpc) is 2.35. The topological polar surface area (TPSA) is 74.2 Å². The van der Waals surface area contributed by atoms with Gasteiger partial charge < -0.3 is 25.0 Å². The second kappa shape index (κ2) is 9.76. The summed E-state index contributed by atoms with van der Waals surface area (Å²) in [6.45, 7) is 6.26. The third-order valence-corrected chi connectivity index (χ3v) is 2.61. The van der Waals surface area contributed by atoms with E-state index in [0.717, 1.165) is 26.3 Å². The molecule has 0 radical (unpaired) electrons. The third-order valence-electron chi connectivity index (χ3n) is 2.61. The van der Waals surface area contributed by atoms with E-state index in [9.17, 15) is 5.11 Å². The van der Waals surface area contributed by atoms with Crippen molar-refractivity contribution in [1.29, 1.82) is 0 Å². The van der Waals surface area contributed by atoms with E-state index < -0.39 is 0 Å².